The minimum atomic E-state index is 0.433. The van der Waals surface area contributed by atoms with E-state index in [9.17, 15) is 0 Å². The highest BCUT2D eigenvalue weighted by molar-refractivity contribution is 5.62. The van der Waals surface area contributed by atoms with Crippen molar-refractivity contribution < 1.29 is 4.42 Å². The van der Waals surface area contributed by atoms with Crippen LogP contribution in [0.25, 0.3) is 0 Å². The second-order valence-corrected chi connectivity index (χ2v) is 4.68. The van der Waals surface area contributed by atoms with E-state index < -0.39 is 0 Å². The summed E-state index contributed by atoms with van der Waals surface area (Å²) in [5.74, 6) is 0.590. The van der Waals surface area contributed by atoms with E-state index in [0.29, 0.717) is 18.5 Å². The van der Waals surface area contributed by atoms with Crippen LogP contribution in [0.5, 0.6) is 0 Å². The summed E-state index contributed by atoms with van der Waals surface area (Å²) in [7, 11) is 0. The van der Waals surface area contributed by atoms with Gasteiger partial charge in [-0.05, 0) is 38.4 Å². The fraction of sp³-hybridized carbons (Fsp3) is 0.429. The summed E-state index contributed by atoms with van der Waals surface area (Å²) in [5.41, 5.74) is 4.62. The number of nitrogens with one attached hydrogen (secondary N) is 2. The van der Waals surface area contributed by atoms with Gasteiger partial charge in [-0.25, -0.2) is 0 Å². The van der Waals surface area contributed by atoms with Crippen molar-refractivity contribution in [1.29, 1.82) is 0 Å². The van der Waals surface area contributed by atoms with Gasteiger partial charge in [0.1, 0.15) is 0 Å². The number of benzene rings is 1. The zero-order valence-electron chi connectivity index (χ0n) is 11.9. The second-order valence-electron chi connectivity index (χ2n) is 4.68. The molecule has 0 unspecified atom stereocenters. The normalized spacial score (nSPS) is 10.7. The van der Waals surface area contributed by atoms with E-state index in [1.807, 2.05) is 6.92 Å². The highest BCUT2D eigenvalue weighted by atomic mass is 16.4. The number of hydrogen-bond donors (Lipinski definition) is 2. The van der Waals surface area contributed by atoms with Gasteiger partial charge < -0.3 is 15.1 Å². The lowest BCUT2D eigenvalue weighted by Gasteiger charge is -2.10. The van der Waals surface area contributed by atoms with Crippen LogP contribution in [0.4, 0.5) is 11.7 Å². The van der Waals surface area contributed by atoms with Crippen molar-refractivity contribution in [2.45, 2.75) is 34.2 Å². The van der Waals surface area contributed by atoms with Gasteiger partial charge >= 0.3 is 6.01 Å². The third kappa shape index (κ3) is 3.32. The molecule has 2 aromatic rings. The summed E-state index contributed by atoms with van der Waals surface area (Å²) in [6, 6.07) is 4.69. The number of nitrogens with zero attached hydrogens (tertiary/aromatic N) is 2. The summed E-state index contributed by atoms with van der Waals surface area (Å²) in [6.45, 7) is 9.73. The fourth-order valence-electron chi connectivity index (χ4n) is 2.09. The van der Waals surface area contributed by atoms with Gasteiger partial charge in [0.25, 0.3) is 0 Å². The maximum absolute atomic E-state index is 5.53. The van der Waals surface area contributed by atoms with Gasteiger partial charge in [-0.2, -0.15) is 0 Å². The fourth-order valence-corrected chi connectivity index (χ4v) is 2.09. The summed E-state index contributed by atoms with van der Waals surface area (Å²) in [5, 5.41) is 14.3. The molecule has 0 bridgehead atoms. The van der Waals surface area contributed by atoms with Crippen molar-refractivity contribution in [1.82, 2.24) is 15.5 Å². The van der Waals surface area contributed by atoms with Gasteiger partial charge in [-0.1, -0.05) is 29.7 Å². The van der Waals surface area contributed by atoms with Crippen LogP contribution in [-0.2, 0) is 6.54 Å². The van der Waals surface area contributed by atoms with Crippen molar-refractivity contribution in [3.8, 4) is 0 Å². The van der Waals surface area contributed by atoms with E-state index in [-0.39, 0.29) is 0 Å². The molecule has 0 fully saturated rings. The van der Waals surface area contributed by atoms with E-state index in [1.54, 1.807) is 0 Å². The predicted molar refractivity (Wildman–Crippen MR) is 75.6 cm³/mol. The minimum Gasteiger partial charge on any atom is -0.406 e. The second kappa shape index (κ2) is 5.84. The number of rotatable bonds is 5. The maximum atomic E-state index is 5.53. The lowest BCUT2D eigenvalue weighted by atomic mass is 10.1. The molecule has 0 amide bonds. The molecule has 1 aromatic carbocycles. The van der Waals surface area contributed by atoms with E-state index in [0.717, 1.165) is 12.2 Å². The molecule has 0 saturated carbocycles. The Kier molecular flexibility index (Phi) is 4.16. The first-order chi connectivity index (χ1) is 9.10. The zero-order chi connectivity index (χ0) is 13.8. The molecule has 19 heavy (non-hydrogen) atoms. The van der Waals surface area contributed by atoms with Crippen LogP contribution in [0.1, 0.15) is 29.5 Å². The van der Waals surface area contributed by atoms with E-state index in [1.165, 1.54) is 16.7 Å². The third-order valence-corrected chi connectivity index (χ3v) is 2.90. The molecule has 102 valence electrons. The van der Waals surface area contributed by atoms with Gasteiger partial charge in [0, 0.05) is 5.69 Å². The Bertz CT molecular complexity index is 539. The third-order valence-electron chi connectivity index (χ3n) is 2.90. The smallest absolute Gasteiger partial charge is 0.320 e. The lowest BCUT2D eigenvalue weighted by molar-refractivity contribution is 0.484. The van der Waals surface area contributed by atoms with Gasteiger partial charge in [-0.3, -0.25) is 0 Å². The highest BCUT2D eigenvalue weighted by Crippen LogP contribution is 2.25. The Balaban J connectivity index is 2.15. The molecule has 0 atom stereocenters. The molecule has 0 aliphatic rings. The van der Waals surface area contributed by atoms with Gasteiger partial charge in [0.15, 0.2) is 0 Å². The minimum absolute atomic E-state index is 0.433. The van der Waals surface area contributed by atoms with Crippen LogP contribution in [0.3, 0.4) is 0 Å². The first-order valence-electron chi connectivity index (χ1n) is 6.48. The molecule has 0 aliphatic heterocycles. The number of anilines is 2. The first-order valence-corrected chi connectivity index (χ1v) is 6.48. The van der Waals surface area contributed by atoms with Gasteiger partial charge in [-0.15, -0.1) is 5.10 Å². The van der Waals surface area contributed by atoms with Crippen molar-refractivity contribution >= 4 is 11.7 Å². The Morgan fingerprint density at radius 1 is 1.11 bits per heavy atom. The highest BCUT2D eigenvalue weighted by Gasteiger charge is 2.09. The molecule has 0 radical (unpaired) electrons. The average molecular weight is 260 g/mol. The largest absolute Gasteiger partial charge is 0.406 e. The molecule has 0 spiro atoms. The number of hydrogen-bond acceptors (Lipinski definition) is 5. The van der Waals surface area contributed by atoms with Crippen LogP contribution in [0, 0.1) is 20.8 Å². The Hall–Kier alpha value is -1.88. The van der Waals surface area contributed by atoms with Crippen molar-refractivity contribution in [2.75, 3.05) is 11.9 Å². The topological polar surface area (TPSA) is 63.0 Å². The van der Waals surface area contributed by atoms with Crippen LogP contribution in [0.15, 0.2) is 16.5 Å². The molecular weight excluding hydrogens is 240 g/mol. The summed E-state index contributed by atoms with van der Waals surface area (Å²) in [6.07, 6.45) is 0. The average Bonchev–Trinajstić information content (AvgIpc) is 2.79. The summed E-state index contributed by atoms with van der Waals surface area (Å²) < 4.78 is 5.53. The standard InChI is InChI=1S/C14H20N4O/c1-5-15-8-12-17-18-14(19-12)16-13-10(3)6-9(2)7-11(13)4/h6-7,15H,5,8H2,1-4H3,(H,16,18). The molecule has 5 nitrogen and oxygen atoms in total. The molecule has 1 aromatic heterocycles. The molecule has 1 heterocycles. The van der Waals surface area contributed by atoms with Gasteiger partial charge in [0.05, 0.1) is 6.54 Å². The van der Waals surface area contributed by atoms with Crippen LogP contribution < -0.4 is 10.6 Å². The quantitative estimate of drug-likeness (QED) is 0.865. The van der Waals surface area contributed by atoms with Crippen molar-refractivity contribution in [3.05, 3.63) is 34.7 Å². The van der Waals surface area contributed by atoms with Gasteiger partial charge in [0.2, 0.25) is 5.89 Å². The Labute approximate surface area is 113 Å². The van der Waals surface area contributed by atoms with E-state index >= 15 is 0 Å². The lowest BCUT2D eigenvalue weighted by Crippen LogP contribution is -2.11. The van der Waals surface area contributed by atoms with E-state index in [4.69, 9.17) is 4.42 Å². The molecule has 2 rings (SSSR count). The predicted octanol–water partition coefficient (Wildman–Crippen LogP) is 2.85. The van der Waals surface area contributed by atoms with Crippen LogP contribution >= 0.6 is 0 Å². The molecule has 2 N–H and O–H groups in total. The number of aryl methyl sites for hydroxylation is 3. The maximum Gasteiger partial charge on any atom is 0.320 e. The SMILES string of the molecule is CCNCc1nnc(Nc2c(C)cc(C)cc2C)o1. The first kappa shape index (κ1) is 13.5. The molecular formula is C14H20N4O. The number of aromatic nitrogens is 2. The van der Waals surface area contributed by atoms with Crippen molar-refractivity contribution in [3.63, 3.8) is 0 Å². The van der Waals surface area contributed by atoms with Crippen molar-refractivity contribution in [2.24, 2.45) is 0 Å². The summed E-state index contributed by atoms with van der Waals surface area (Å²) in [4.78, 5) is 0. The van der Waals surface area contributed by atoms with Crippen LogP contribution in [0.2, 0.25) is 0 Å². The summed E-state index contributed by atoms with van der Waals surface area (Å²) >= 11 is 0. The zero-order valence-corrected chi connectivity index (χ0v) is 11.9. The molecule has 0 saturated heterocycles. The molecule has 0 aliphatic carbocycles. The Morgan fingerprint density at radius 3 is 2.42 bits per heavy atom. The molecule has 5 heteroatoms. The van der Waals surface area contributed by atoms with Crippen LogP contribution in [-0.4, -0.2) is 16.7 Å². The van der Waals surface area contributed by atoms with E-state index in [2.05, 4.69) is 53.7 Å². The monoisotopic (exact) mass is 260 g/mol. The Morgan fingerprint density at radius 2 is 1.79 bits per heavy atom.